The number of nitrogens with zero attached hydrogens (tertiary/aromatic N) is 4. The summed E-state index contributed by atoms with van der Waals surface area (Å²) in [4.78, 5) is 55.4. The number of aryl methyl sites for hydroxylation is 1. The Labute approximate surface area is 198 Å². The van der Waals surface area contributed by atoms with Crippen LogP contribution < -0.4 is 26.5 Å². The van der Waals surface area contributed by atoms with Crippen molar-refractivity contribution in [2.24, 2.45) is 5.73 Å². The van der Waals surface area contributed by atoms with Crippen LogP contribution in [0.15, 0.2) is 64.4 Å². The van der Waals surface area contributed by atoms with Crippen molar-refractivity contribution >= 4 is 23.0 Å². The number of hydrogen-bond acceptors (Lipinski definition) is 7. The highest BCUT2D eigenvalue weighted by atomic mass is 16.5. The molecule has 4 aromatic rings. The highest BCUT2D eigenvalue weighted by molar-refractivity contribution is 5.96. The maximum absolute atomic E-state index is 13.3. The van der Waals surface area contributed by atoms with Gasteiger partial charge in [0.05, 0.1) is 25.5 Å². The highest BCUT2D eigenvalue weighted by Gasteiger charge is 2.21. The lowest BCUT2D eigenvalue weighted by molar-refractivity contribution is -0.135. The number of methoxy groups -OCH3 is 1. The van der Waals surface area contributed by atoms with Crippen molar-refractivity contribution in [2.45, 2.75) is 26.6 Å². The molecule has 2 aromatic heterocycles. The first kappa shape index (κ1) is 23.5. The van der Waals surface area contributed by atoms with Crippen molar-refractivity contribution in [2.75, 3.05) is 7.11 Å². The van der Waals surface area contributed by atoms with Crippen molar-refractivity contribution in [3.05, 3.63) is 86.8 Å². The van der Waals surface area contributed by atoms with Crippen LogP contribution >= 0.6 is 0 Å². The number of rotatable bonds is 8. The van der Waals surface area contributed by atoms with Crippen LogP contribution in [-0.2, 0) is 24.4 Å². The van der Waals surface area contributed by atoms with E-state index in [2.05, 4.69) is 4.98 Å². The first-order valence-electron chi connectivity index (χ1n) is 10.7. The first-order valence-corrected chi connectivity index (χ1v) is 10.7. The lowest BCUT2D eigenvalue weighted by Gasteiger charge is -2.13. The average Bonchev–Trinajstić information content (AvgIpc) is 3.29. The molecular formula is C24H23N5O6. The normalized spacial score (nSPS) is 10.9. The van der Waals surface area contributed by atoms with Gasteiger partial charge < -0.3 is 19.8 Å². The summed E-state index contributed by atoms with van der Waals surface area (Å²) in [5, 5.41) is 0. The molecule has 0 unspecified atom stereocenters. The molecule has 0 spiro atoms. The molecule has 2 N–H and O–H groups in total. The Balaban J connectivity index is 1.77. The first-order chi connectivity index (χ1) is 16.8. The summed E-state index contributed by atoms with van der Waals surface area (Å²) in [5.74, 6) is -1.56. The fourth-order valence-electron chi connectivity index (χ4n) is 3.73. The smallest absolute Gasteiger partial charge is 0.333 e. The molecule has 11 heteroatoms. The number of benzene rings is 2. The molecule has 0 saturated carbocycles. The van der Waals surface area contributed by atoms with E-state index in [1.54, 1.807) is 4.57 Å². The Kier molecular flexibility index (Phi) is 6.49. The fraction of sp³-hybridized carbons (Fsp3) is 0.208. The van der Waals surface area contributed by atoms with Crippen LogP contribution in [0.5, 0.6) is 11.5 Å². The van der Waals surface area contributed by atoms with Crippen molar-refractivity contribution in [1.82, 2.24) is 18.7 Å². The van der Waals surface area contributed by atoms with Crippen LogP contribution in [0.4, 0.5) is 0 Å². The lowest BCUT2D eigenvalue weighted by atomic mass is 10.2. The Hall–Kier alpha value is -4.67. The molecule has 0 aliphatic rings. The van der Waals surface area contributed by atoms with Crippen molar-refractivity contribution in [3.8, 4) is 11.5 Å². The average molecular weight is 477 g/mol. The molecule has 1 amide bonds. The molecule has 0 fully saturated rings. The van der Waals surface area contributed by atoms with Gasteiger partial charge in [-0.25, -0.2) is 19.1 Å². The van der Waals surface area contributed by atoms with Gasteiger partial charge >= 0.3 is 11.7 Å². The molecule has 180 valence electrons. The van der Waals surface area contributed by atoms with Gasteiger partial charge in [0.15, 0.2) is 11.2 Å². The zero-order valence-electron chi connectivity index (χ0n) is 19.1. The molecule has 0 radical (unpaired) electrons. The van der Waals surface area contributed by atoms with Gasteiger partial charge in [0.2, 0.25) is 0 Å². The zero-order valence-corrected chi connectivity index (χ0v) is 19.1. The van der Waals surface area contributed by atoms with Crippen LogP contribution in [0.2, 0.25) is 0 Å². The van der Waals surface area contributed by atoms with E-state index in [-0.39, 0.29) is 29.0 Å². The summed E-state index contributed by atoms with van der Waals surface area (Å²) in [6, 6.07) is 13.4. The van der Waals surface area contributed by atoms with Crippen LogP contribution in [0, 0.1) is 0 Å². The molecule has 0 aliphatic carbocycles. The van der Waals surface area contributed by atoms with E-state index in [9.17, 15) is 19.2 Å². The van der Waals surface area contributed by atoms with Crippen LogP contribution in [0.25, 0.3) is 11.2 Å². The van der Waals surface area contributed by atoms with E-state index in [0.717, 1.165) is 10.1 Å². The number of carbonyl (C=O) groups excluding carboxylic acids is 2. The fourth-order valence-corrected chi connectivity index (χ4v) is 3.73. The van der Waals surface area contributed by atoms with E-state index in [1.807, 2.05) is 37.3 Å². The second kappa shape index (κ2) is 9.67. The quantitative estimate of drug-likeness (QED) is 0.296. The van der Waals surface area contributed by atoms with E-state index in [4.69, 9.17) is 15.2 Å². The van der Waals surface area contributed by atoms with Crippen molar-refractivity contribution in [3.63, 3.8) is 0 Å². The summed E-state index contributed by atoms with van der Waals surface area (Å²) < 4.78 is 14.2. The highest BCUT2D eigenvalue weighted by Crippen LogP contribution is 2.24. The molecule has 0 saturated heterocycles. The molecule has 35 heavy (non-hydrogen) atoms. The number of imidazole rings is 1. The van der Waals surface area contributed by atoms with Gasteiger partial charge in [0.25, 0.3) is 11.5 Å². The number of esters is 1. The number of nitrogens with two attached hydrogens (primary N) is 1. The lowest BCUT2D eigenvalue weighted by Crippen LogP contribution is -2.43. The second-order valence-electron chi connectivity index (χ2n) is 7.65. The molecule has 0 atom stereocenters. The summed E-state index contributed by atoms with van der Waals surface area (Å²) in [6.07, 6.45) is 1.48. The number of carbonyl (C=O) groups is 2. The number of hydrogen-bond donors (Lipinski definition) is 1. The third-order valence-electron chi connectivity index (χ3n) is 5.47. The Morgan fingerprint density at radius 1 is 1.06 bits per heavy atom. The standard InChI is InChI=1S/C24H23N5O6/c1-3-27-14-26-22-20(27)23(32)29(24(33)28(22)12-15-7-5-4-6-8-15)13-19(30)35-18-11-16(34-2)9-10-17(18)21(25)31/h4-11,14H,3,12-13H2,1-2H3,(H2,25,31). The maximum Gasteiger partial charge on any atom is 0.333 e. The van der Waals surface area contributed by atoms with E-state index in [0.29, 0.717) is 12.3 Å². The summed E-state index contributed by atoms with van der Waals surface area (Å²) in [7, 11) is 1.41. The Morgan fingerprint density at radius 3 is 2.46 bits per heavy atom. The maximum atomic E-state index is 13.3. The molecular weight excluding hydrogens is 454 g/mol. The molecule has 2 aromatic carbocycles. The summed E-state index contributed by atoms with van der Waals surface area (Å²) in [5.41, 5.74) is 5.16. The van der Waals surface area contributed by atoms with Crippen LogP contribution in [0.3, 0.4) is 0 Å². The molecule has 2 heterocycles. The largest absolute Gasteiger partial charge is 0.497 e. The molecule has 11 nitrogen and oxygen atoms in total. The third-order valence-corrected chi connectivity index (χ3v) is 5.47. The minimum Gasteiger partial charge on any atom is -0.497 e. The summed E-state index contributed by atoms with van der Waals surface area (Å²) >= 11 is 0. The van der Waals surface area contributed by atoms with Gasteiger partial charge in [-0.05, 0) is 24.6 Å². The number of ether oxygens (including phenoxy) is 2. The number of aromatic nitrogens is 4. The van der Waals surface area contributed by atoms with Gasteiger partial charge in [-0.2, -0.15) is 0 Å². The molecule has 0 aliphatic heterocycles. The number of fused-ring (bicyclic) bond motifs is 1. The zero-order chi connectivity index (χ0) is 25.1. The summed E-state index contributed by atoms with van der Waals surface area (Å²) in [6.45, 7) is 1.73. The van der Waals surface area contributed by atoms with Crippen molar-refractivity contribution in [1.29, 1.82) is 0 Å². The monoisotopic (exact) mass is 477 g/mol. The second-order valence-corrected chi connectivity index (χ2v) is 7.65. The van der Waals surface area contributed by atoms with Crippen LogP contribution in [0.1, 0.15) is 22.8 Å². The third kappa shape index (κ3) is 4.56. The van der Waals surface area contributed by atoms with Crippen molar-refractivity contribution < 1.29 is 19.1 Å². The minimum absolute atomic E-state index is 0.0486. The van der Waals surface area contributed by atoms with Gasteiger partial charge in [0, 0.05) is 12.6 Å². The predicted molar refractivity (Wildman–Crippen MR) is 127 cm³/mol. The topological polar surface area (TPSA) is 140 Å². The van der Waals surface area contributed by atoms with Gasteiger partial charge in [0.1, 0.15) is 18.0 Å². The van der Waals surface area contributed by atoms with E-state index >= 15 is 0 Å². The molecule has 0 bridgehead atoms. The predicted octanol–water partition coefficient (Wildman–Crippen LogP) is 1.14. The van der Waals surface area contributed by atoms with Crippen LogP contribution in [-0.4, -0.2) is 37.7 Å². The molecule has 4 rings (SSSR count). The van der Waals surface area contributed by atoms with Gasteiger partial charge in [-0.15, -0.1) is 0 Å². The van der Waals surface area contributed by atoms with E-state index < -0.39 is 29.7 Å². The van der Waals surface area contributed by atoms with Gasteiger partial charge in [-0.3, -0.25) is 14.2 Å². The number of amides is 1. The number of primary amides is 1. The van der Waals surface area contributed by atoms with Gasteiger partial charge in [-0.1, -0.05) is 30.3 Å². The minimum atomic E-state index is -0.937. The SMILES string of the molecule is CCn1cnc2c1c(=O)n(CC(=O)Oc1cc(OC)ccc1C(N)=O)c(=O)n2Cc1ccccc1. The van der Waals surface area contributed by atoms with E-state index in [1.165, 1.54) is 36.2 Å². The Bertz CT molecular complexity index is 1530. The Morgan fingerprint density at radius 2 is 1.80 bits per heavy atom.